The first-order valence-electron chi connectivity index (χ1n) is 23.5. The van der Waals surface area contributed by atoms with Crippen molar-refractivity contribution in [2.75, 3.05) is 0 Å². The van der Waals surface area contributed by atoms with Crippen molar-refractivity contribution in [3.63, 3.8) is 0 Å². The van der Waals surface area contributed by atoms with Crippen LogP contribution in [0.3, 0.4) is 0 Å². The summed E-state index contributed by atoms with van der Waals surface area (Å²) in [6, 6.07) is 78.5. The van der Waals surface area contributed by atoms with Crippen molar-refractivity contribution < 1.29 is 8.83 Å². The maximum Gasteiger partial charge on any atom is 0.164 e. The van der Waals surface area contributed by atoms with Gasteiger partial charge in [0.1, 0.15) is 22.3 Å². The average molecular weight is 896 g/mol. The third kappa shape index (κ3) is 5.91. The van der Waals surface area contributed by atoms with Crippen LogP contribution in [0.25, 0.3) is 144 Å². The Morgan fingerprint density at radius 3 is 1.43 bits per heavy atom. The lowest BCUT2D eigenvalue weighted by atomic mass is 10.0. The van der Waals surface area contributed by atoms with Gasteiger partial charge in [0.05, 0.1) is 22.1 Å². The molecule has 0 aliphatic carbocycles. The topological polar surface area (TPSA) is 74.8 Å². The molecule has 5 heterocycles. The molecule has 7 heteroatoms. The highest BCUT2D eigenvalue weighted by atomic mass is 16.3. The molecule has 0 aliphatic heterocycles. The second-order valence-electron chi connectivity index (χ2n) is 18.0. The number of hydrogen-bond acceptors (Lipinski definition) is 5. The highest BCUT2D eigenvalue weighted by Gasteiger charge is 2.21. The van der Waals surface area contributed by atoms with Crippen molar-refractivity contribution in [1.29, 1.82) is 0 Å². The molecular weight excluding hydrogens is 859 g/mol. The molecule has 7 nitrogen and oxygen atoms in total. The fraction of sp³-hybridized carbons (Fsp3) is 0. The Morgan fingerprint density at radius 2 is 0.714 bits per heavy atom. The van der Waals surface area contributed by atoms with Crippen LogP contribution in [-0.2, 0) is 0 Å². The van der Waals surface area contributed by atoms with Crippen LogP contribution >= 0.6 is 0 Å². The van der Waals surface area contributed by atoms with E-state index in [1.54, 1.807) is 0 Å². The van der Waals surface area contributed by atoms with Crippen molar-refractivity contribution in [2.24, 2.45) is 0 Å². The fourth-order valence-electron chi connectivity index (χ4n) is 10.7. The van der Waals surface area contributed by atoms with Gasteiger partial charge in [0.15, 0.2) is 17.5 Å². The Morgan fingerprint density at radius 1 is 0.243 bits per heavy atom. The molecule has 15 aromatic rings. The second kappa shape index (κ2) is 15.0. The molecule has 0 atom stereocenters. The number of hydrogen-bond donors (Lipinski definition) is 0. The van der Waals surface area contributed by atoms with Crippen LogP contribution < -0.4 is 0 Å². The van der Waals surface area contributed by atoms with Crippen LogP contribution in [-0.4, -0.2) is 24.1 Å². The van der Waals surface area contributed by atoms with Crippen LogP contribution in [0.1, 0.15) is 0 Å². The SMILES string of the molecule is c1ccc(-c2nc(-c3ccccc3)nc(-c3cccc(-n4c5ccc(-c6ccc7c(c6)oc6cc8c(cc67)c6ccccc6n8-c6ccccc6)cc5c5cc6c(cc54)oc4ccccc46)c3)n2)cc1. The quantitative estimate of drug-likeness (QED) is 0.166. The van der Waals surface area contributed by atoms with E-state index in [0.29, 0.717) is 17.5 Å². The zero-order valence-corrected chi connectivity index (χ0v) is 37.4. The fourth-order valence-corrected chi connectivity index (χ4v) is 10.7. The summed E-state index contributed by atoms with van der Waals surface area (Å²) in [5.41, 5.74) is 14.8. The monoisotopic (exact) mass is 895 g/mol. The second-order valence-corrected chi connectivity index (χ2v) is 18.0. The predicted octanol–water partition coefficient (Wildman–Crippen LogP) is 16.5. The van der Waals surface area contributed by atoms with Gasteiger partial charge in [0.25, 0.3) is 0 Å². The van der Waals surface area contributed by atoms with E-state index >= 15 is 0 Å². The van der Waals surface area contributed by atoms with E-state index in [-0.39, 0.29) is 0 Å². The summed E-state index contributed by atoms with van der Waals surface area (Å²) in [4.78, 5) is 15.1. The maximum absolute atomic E-state index is 6.78. The molecule has 0 amide bonds. The van der Waals surface area contributed by atoms with Crippen LogP contribution in [0.2, 0.25) is 0 Å². The zero-order chi connectivity index (χ0) is 45.9. The molecule has 15 rings (SSSR count). The first-order valence-corrected chi connectivity index (χ1v) is 23.5. The van der Waals surface area contributed by atoms with E-state index in [9.17, 15) is 0 Å². The number of nitrogens with zero attached hydrogens (tertiary/aromatic N) is 5. The smallest absolute Gasteiger partial charge is 0.164 e. The van der Waals surface area contributed by atoms with Gasteiger partial charge in [-0.3, -0.25) is 0 Å². The van der Waals surface area contributed by atoms with Gasteiger partial charge >= 0.3 is 0 Å². The predicted molar refractivity (Wildman–Crippen MR) is 285 cm³/mol. The number of para-hydroxylation sites is 3. The minimum absolute atomic E-state index is 0.598. The summed E-state index contributed by atoms with van der Waals surface area (Å²) >= 11 is 0. The van der Waals surface area contributed by atoms with Crippen molar-refractivity contribution >= 4 is 87.5 Å². The molecule has 70 heavy (non-hydrogen) atoms. The Kier molecular flexibility index (Phi) is 8.23. The molecule has 326 valence electrons. The van der Waals surface area contributed by atoms with Gasteiger partial charge in [-0.2, -0.15) is 0 Å². The summed E-state index contributed by atoms with van der Waals surface area (Å²) in [6.07, 6.45) is 0. The molecule has 10 aromatic carbocycles. The molecule has 0 saturated carbocycles. The van der Waals surface area contributed by atoms with Gasteiger partial charge in [-0.15, -0.1) is 0 Å². The molecule has 5 aromatic heterocycles. The molecule has 0 radical (unpaired) electrons. The van der Waals surface area contributed by atoms with Crippen molar-refractivity contribution in [1.82, 2.24) is 24.1 Å². The van der Waals surface area contributed by atoms with E-state index in [0.717, 1.165) is 110 Å². The van der Waals surface area contributed by atoms with E-state index in [1.165, 1.54) is 16.3 Å². The first-order chi connectivity index (χ1) is 34.7. The number of furan rings is 2. The van der Waals surface area contributed by atoms with Crippen LogP contribution in [0.15, 0.2) is 233 Å². The van der Waals surface area contributed by atoms with Gasteiger partial charge in [-0.05, 0) is 83.9 Å². The number of rotatable bonds is 6. The number of benzene rings is 10. The lowest BCUT2D eigenvalue weighted by Gasteiger charge is -2.12. The molecule has 0 unspecified atom stereocenters. The Hall–Kier alpha value is -9.59. The molecular formula is C63H37N5O2. The van der Waals surface area contributed by atoms with Gasteiger partial charge < -0.3 is 18.0 Å². The molecule has 0 fully saturated rings. The normalized spacial score (nSPS) is 12.0. The Balaban J connectivity index is 0.900. The molecule has 0 saturated heterocycles. The lowest BCUT2D eigenvalue weighted by Crippen LogP contribution is -2.01. The van der Waals surface area contributed by atoms with E-state index in [1.807, 2.05) is 72.8 Å². The van der Waals surface area contributed by atoms with Gasteiger partial charge in [0, 0.05) is 83.3 Å². The first kappa shape index (κ1) is 38.5. The lowest BCUT2D eigenvalue weighted by molar-refractivity contribution is 0.669. The van der Waals surface area contributed by atoms with Gasteiger partial charge in [0.2, 0.25) is 0 Å². The minimum atomic E-state index is 0.598. The molecule has 0 N–H and O–H groups in total. The van der Waals surface area contributed by atoms with Crippen LogP contribution in [0.5, 0.6) is 0 Å². The number of aromatic nitrogens is 5. The van der Waals surface area contributed by atoms with E-state index < -0.39 is 0 Å². The van der Waals surface area contributed by atoms with Crippen LogP contribution in [0.4, 0.5) is 0 Å². The van der Waals surface area contributed by atoms with Crippen molar-refractivity contribution in [2.45, 2.75) is 0 Å². The van der Waals surface area contributed by atoms with E-state index in [2.05, 4.69) is 161 Å². The minimum Gasteiger partial charge on any atom is -0.456 e. The standard InChI is InChI=1S/C63H37N5O2/c1-4-15-38(16-5-1)61-64-62(39-17-6-2-7-18-39)66-63(65-61)42-19-14-22-44(31-42)68-54-30-28-40(32-48(54)50-35-51-46-24-11-13-26-57(46)69-59(51)37-56(50)68)41-27-29-47-52-34-49-45-23-10-12-25-53(45)67(43-20-8-3-9-21-43)55(49)36-60(52)70-58(47)33-41/h1-37H. The molecule has 0 bridgehead atoms. The third-order valence-electron chi connectivity index (χ3n) is 13.9. The molecule has 0 spiro atoms. The third-order valence-corrected chi connectivity index (χ3v) is 13.9. The highest BCUT2D eigenvalue weighted by molar-refractivity contribution is 6.19. The summed E-state index contributed by atoms with van der Waals surface area (Å²) in [7, 11) is 0. The maximum atomic E-state index is 6.78. The van der Waals surface area contributed by atoms with Crippen LogP contribution in [0, 0.1) is 0 Å². The van der Waals surface area contributed by atoms with Crippen molar-refractivity contribution in [3.8, 4) is 56.7 Å². The largest absolute Gasteiger partial charge is 0.456 e. The summed E-state index contributed by atoms with van der Waals surface area (Å²) in [5, 5.41) is 9.04. The summed E-state index contributed by atoms with van der Waals surface area (Å²) in [5.74, 6) is 1.84. The Bertz CT molecular complexity index is 4530. The summed E-state index contributed by atoms with van der Waals surface area (Å²) in [6.45, 7) is 0. The van der Waals surface area contributed by atoms with Gasteiger partial charge in [-0.1, -0.05) is 140 Å². The van der Waals surface area contributed by atoms with Crippen molar-refractivity contribution in [3.05, 3.63) is 224 Å². The highest BCUT2D eigenvalue weighted by Crippen LogP contribution is 2.43. The van der Waals surface area contributed by atoms with E-state index in [4.69, 9.17) is 23.8 Å². The Labute approximate surface area is 399 Å². The number of fused-ring (bicyclic) bond motifs is 12. The van der Waals surface area contributed by atoms with Gasteiger partial charge in [-0.25, -0.2) is 15.0 Å². The zero-order valence-electron chi connectivity index (χ0n) is 37.4. The average Bonchev–Trinajstić information content (AvgIpc) is 4.17. The summed E-state index contributed by atoms with van der Waals surface area (Å²) < 4.78 is 18.0. The molecule has 0 aliphatic rings.